The van der Waals surface area contributed by atoms with Gasteiger partial charge in [0, 0.05) is 0 Å². The molecule has 4 heteroatoms. The lowest BCUT2D eigenvalue weighted by molar-refractivity contribution is -0.120. The summed E-state index contributed by atoms with van der Waals surface area (Å²) in [5.41, 5.74) is 7.57. The molecule has 2 rings (SSSR count). The maximum atomic E-state index is 12.4. The van der Waals surface area contributed by atoms with E-state index in [9.17, 15) is 4.79 Å². The zero-order chi connectivity index (χ0) is 15.5. The molecule has 1 saturated heterocycles. The van der Waals surface area contributed by atoms with E-state index in [1.54, 1.807) is 6.07 Å². The molecule has 21 heavy (non-hydrogen) atoms. The first-order valence-corrected chi connectivity index (χ1v) is 7.78. The molecule has 0 aliphatic carbocycles. The highest BCUT2D eigenvalue weighted by Gasteiger charge is 2.28. The van der Waals surface area contributed by atoms with Crippen LogP contribution in [0.15, 0.2) is 24.3 Å². The van der Waals surface area contributed by atoms with Gasteiger partial charge in [0.15, 0.2) is 0 Å². The Labute approximate surface area is 127 Å². The summed E-state index contributed by atoms with van der Waals surface area (Å²) < 4.78 is 0. The van der Waals surface area contributed by atoms with Crippen molar-refractivity contribution in [2.24, 2.45) is 5.41 Å². The zero-order valence-corrected chi connectivity index (χ0v) is 13.4. The van der Waals surface area contributed by atoms with Crippen LogP contribution in [-0.2, 0) is 4.79 Å². The Balaban J connectivity index is 1.98. The molecule has 1 aromatic carbocycles. The van der Waals surface area contributed by atoms with Gasteiger partial charge in [-0.05, 0) is 56.8 Å². The number of hydrogen-bond acceptors (Lipinski definition) is 3. The van der Waals surface area contributed by atoms with Crippen LogP contribution in [0, 0.1) is 5.41 Å². The molecule has 0 aromatic heterocycles. The van der Waals surface area contributed by atoms with Gasteiger partial charge in [0.25, 0.3) is 0 Å². The van der Waals surface area contributed by atoms with Crippen molar-refractivity contribution < 1.29 is 4.79 Å². The average molecular weight is 289 g/mol. The van der Waals surface area contributed by atoms with Crippen LogP contribution in [-0.4, -0.2) is 29.9 Å². The molecule has 1 heterocycles. The van der Waals surface area contributed by atoms with Gasteiger partial charge in [-0.15, -0.1) is 0 Å². The molecule has 0 bridgehead atoms. The Morgan fingerprint density at radius 2 is 2.00 bits per heavy atom. The van der Waals surface area contributed by atoms with Crippen molar-refractivity contribution in [1.29, 1.82) is 0 Å². The molecule has 1 amide bonds. The molecule has 1 unspecified atom stereocenters. The normalized spacial score (nSPS) is 20.5. The second-order valence-corrected chi connectivity index (χ2v) is 6.81. The minimum atomic E-state index is -0.126. The number of para-hydroxylation sites is 2. The lowest BCUT2D eigenvalue weighted by Crippen LogP contribution is -2.42. The first kappa shape index (κ1) is 15.8. The maximum Gasteiger partial charge on any atom is 0.241 e. The monoisotopic (exact) mass is 289 g/mol. The molecule has 1 aliphatic heterocycles. The number of rotatable bonds is 3. The van der Waals surface area contributed by atoms with E-state index in [1.807, 2.05) is 25.1 Å². The molecule has 1 aromatic rings. The quantitative estimate of drug-likeness (QED) is 0.841. The predicted molar refractivity (Wildman–Crippen MR) is 88.2 cm³/mol. The van der Waals surface area contributed by atoms with E-state index in [4.69, 9.17) is 5.73 Å². The highest BCUT2D eigenvalue weighted by atomic mass is 16.2. The van der Waals surface area contributed by atoms with Gasteiger partial charge in [-0.2, -0.15) is 0 Å². The van der Waals surface area contributed by atoms with E-state index in [0.29, 0.717) is 16.8 Å². The Hall–Kier alpha value is -1.55. The largest absolute Gasteiger partial charge is 0.397 e. The van der Waals surface area contributed by atoms with Crippen LogP contribution in [0.3, 0.4) is 0 Å². The van der Waals surface area contributed by atoms with Crippen LogP contribution in [0.5, 0.6) is 0 Å². The first-order valence-electron chi connectivity index (χ1n) is 7.78. The van der Waals surface area contributed by atoms with E-state index in [2.05, 4.69) is 24.1 Å². The van der Waals surface area contributed by atoms with Gasteiger partial charge in [0.1, 0.15) is 0 Å². The van der Waals surface area contributed by atoms with E-state index in [-0.39, 0.29) is 11.9 Å². The number of hydrogen-bond donors (Lipinski definition) is 2. The lowest BCUT2D eigenvalue weighted by Gasteiger charge is -2.28. The molecule has 0 spiro atoms. The van der Waals surface area contributed by atoms with Gasteiger partial charge >= 0.3 is 0 Å². The fourth-order valence-corrected chi connectivity index (χ4v) is 2.84. The highest BCUT2D eigenvalue weighted by molar-refractivity contribution is 5.97. The lowest BCUT2D eigenvalue weighted by atomic mass is 9.85. The SMILES string of the molecule is CC(C(=O)Nc1ccccc1N)N1CCCC(C)(C)CC1. The maximum absolute atomic E-state index is 12.4. The Bertz CT molecular complexity index is 499. The van der Waals surface area contributed by atoms with E-state index in [1.165, 1.54) is 6.42 Å². The Morgan fingerprint density at radius 3 is 2.71 bits per heavy atom. The van der Waals surface area contributed by atoms with Gasteiger partial charge in [-0.3, -0.25) is 9.69 Å². The number of carbonyl (C=O) groups excluding carboxylic acids is 1. The summed E-state index contributed by atoms with van der Waals surface area (Å²) in [6, 6.07) is 7.26. The predicted octanol–water partition coefficient (Wildman–Crippen LogP) is 3.11. The van der Waals surface area contributed by atoms with Crippen LogP contribution in [0.2, 0.25) is 0 Å². The topological polar surface area (TPSA) is 58.4 Å². The average Bonchev–Trinajstić information content (AvgIpc) is 2.61. The molecule has 1 aliphatic rings. The molecule has 4 nitrogen and oxygen atoms in total. The number of nitrogen functional groups attached to an aromatic ring is 1. The zero-order valence-electron chi connectivity index (χ0n) is 13.4. The van der Waals surface area contributed by atoms with Crippen molar-refractivity contribution in [2.75, 3.05) is 24.1 Å². The number of anilines is 2. The molecule has 116 valence electrons. The smallest absolute Gasteiger partial charge is 0.241 e. The summed E-state index contributed by atoms with van der Waals surface area (Å²) in [7, 11) is 0. The highest BCUT2D eigenvalue weighted by Crippen LogP contribution is 2.30. The van der Waals surface area contributed by atoms with E-state index < -0.39 is 0 Å². The van der Waals surface area contributed by atoms with Crippen LogP contribution < -0.4 is 11.1 Å². The number of carbonyl (C=O) groups is 1. The summed E-state index contributed by atoms with van der Waals surface area (Å²) in [4.78, 5) is 14.7. The van der Waals surface area contributed by atoms with Gasteiger partial charge < -0.3 is 11.1 Å². The number of nitrogens with zero attached hydrogens (tertiary/aromatic N) is 1. The van der Waals surface area contributed by atoms with Gasteiger partial charge in [0.2, 0.25) is 5.91 Å². The molecule has 1 fully saturated rings. The van der Waals surface area contributed by atoms with E-state index >= 15 is 0 Å². The molecular formula is C17H27N3O. The fourth-order valence-electron chi connectivity index (χ4n) is 2.84. The molecular weight excluding hydrogens is 262 g/mol. The van der Waals surface area contributed by atoms with Crippen molar-refractivity contribution in [2.45, 2.75) is 46.1 Å². The van der Waals surface area contributed by atoms with Crippen LogP contribution in [0.1, 0.15) is 40.0 Å². The summed E-state index contributed by atoms with van der Waals surface area (Å²) in [6.45, 7) is 8.57. The molecule has 0 radical (unpaired) electrons. The third kappa shape index (κ3) is 4.21. The first-order chi connectivity index (χ1) is 9.89. The second kappa shape index (κ2) is 6.48. The van der Waals surface area contributed by atoms with Gasteiger partial charge in [0.05, 0.1) is 17.4 Å². The molecule has 3 N–H and O–H groups in total. The minimum absolute atomic E-state index is 0.0209. The third-order valence-corrected chi connectivity index (χ3v) is 4.52. The third-order valence-electron chi connectivity index (χ3n) is 4.52. The van der Waals surface area contributed by atoms with Crippen molar-refractivity contribution in [3.8, 4) is 0 Å². The molecule has 1 atom stereocenters. The number of nitrogens with two attached hydrogens (primary N) is 1. The van der Waals surface area contributed by atoms with Crippen molar-refractivity contribution >= 4 is 17.3 Å². The van der Waals surface area contributed by atoms with Crippen molar-refractivity contribution in [3.63, 3.8) is 0 Å². The second-order valence-electron chi connectivity index (χ2n) is 6.81. The number of benzene rings is 1. The van der Waals surface area contributed by atoms with Crippen molar-refractivity contribution in [3.05, 3.63) is 24.3 Å². The minimum Gasteiger partial charge on any atom is -0.397 e. The Kier molecular flexibility index (Phi) is 4.88. The summed E-state index contributed by atoms with van der Waals surface area (Å²) in [5, 5.41) is 2.94. The van der Waals surface area contributed by atoms with Gasteiger partial charge in [-0.25, -0.2) is 0 Å². The number of amides is 1. The van der Waals surface area contributed by atoms with Crippen molar-refractivity contribution in [1.82, 2.24) is 4.90 Å². The van der Waals surface area contributed by atoms with Crippen LogP contribution >= 0.6 is 0 Å². The Morgan fingerprint density at radius 1 is 1.29 bits per heavy atom. The standard InChI is InChI=1S/C17H27N3O/c1-13(20-11-6-9-17(2,3)10-12-20)16(21)19-15-8-5-4-7-14(15)18/h4-5,7-8,13H,6,9-12,18H2,1-3H3,(H,19,21). The van der Waals surface area contributed by atoms with E-state index in [0.717, 1.165) is 25.9 Å². The van der Waals surface area contributed by atoms with Gasteiger partial charge in [-0.1, -0.05) is 26.0 Å². The summed E-state index contributed by atoms with van der Waals surface area (Å²) in [6.07, 6.45) is 3.51. The number of nitrogens with one attached hydrogen (secondary N) is 1. The summed E-state index contributed by atoms with van der Waals surface area (Å²) in [5.74, 6) is 0.0209. The number of likely N-dealkylation sites (tertiary alicyclic amines) is 1. The van der Waals surface area contributed by atoms with Crippen LogP contribution in [0.25, 0.3) is 0 Å². The summed E-state index contributed by atoms with van der Waals surface area (Å²) >= 11 is 0. The molecule has 0 saturated carbocycles. The van der Waals surface area contributed by atoms with Crippen LogP contribution in [0.4, 0.5) is 11.4 Å². The fraction of sp³-hybridized carbons (Fsp3) is 0.588.